The lowest BCUT2D eigenvalue weighted by atomic mass is 9.95. The van der Waals surface area contributed by atoms with Crippen molar-refractivity contribution in [2.24, 2.45) is 5.92 Å². The summed E-state index contributed by atoms with van der Waals surface area (Å²) >= 11 is 0. The first-order valence-electron chi connectivity index (χ1n) is 8.91. The average Bonchev–Trinajstić information content (AvgIpc) is 2.64. The van der Waals surface area contributed by atoms with Crippen LogP contribution in [0.2, 0.25) is 0 Å². The molecule has 1 atom stereocenters. The summed E-state index contributed by atoms with van der Waals surface area (Å²) in [6.45, 7) is 7.22. The molecule has 1 heterocycles. The molecule has 0 unspecified atom stereocenters. The van der Waals surface area contributed by atoms with Crippen molar-refractivity contribution in [1.82, 2.24) is 5.32 Å². The van der Waals surface area contributed by atoms with E-state index in [-0.39, 0.29) is 24.5 Å². The van der Waals surface area contributed by atoms with E-state index in [0.717, 1.165) is 22.6 Å². The van der Waals surface area contributed by atoms with Gasteiger partial charge < -0.3 is 19.5 Å². The Labute approximate surface area is 154 Å². The normalized spacial score (nSPS) is 14.0. The highest BCUT2D eigenvalue weighted by atomic mass is 16.6. The van der Waals surface area contributed by atoms with E-state index in [1.54, 1.807) is 0 Å². The maximum absolute atomic E-state index is 12.4. The minimum Gasteiger partial charge on any atom is -0.486 e. The van der Waals surface area contributed by atoms with Gasteiger partial charge in [-0.1, -0.05) is 32.0 Å². The van der Waals surface area contributed by atoms with Crippen molar-refractivity contribution in [1.29, 1.82) is 0 Å². The maximum Gasteiger partial charge on any atom is 0.258 e. The third kappa shape index (κ3) is 4.48. The molecule has 0 saturated heterocycles. The van der Waals surface area contributed by atoms with Gasteiger partial charge in [-0.2, -0.15) is 0 Å². The van der Waals surface area contributed by atoms with Crippen LogP contribution in [-0.4, -0.2) is 25.7 Å². The fourth-order valence-corrected chi connectivity index (χ4v) is 2.96. The first-order chi connectivity index (χ1) is 12.5. The molecule has 3 rings (SSSR count). The van der Waals surface area contributed by atoms with Gasteiger partial charge in [0.05, 0.1) is 6.04 Å². The Bertz CT molecular complexity index is 772. The largest absolute Gasteiger partial charge is 0.486 e. The summed E-state index contributed by atoms with van der Waals surface area (Å²) in [5.41, 5.74) is 2.09. The van der Waals surface area contributed by atoms with Crippen molar-refractivity contribution in [3.63, 3.8) is 0 Å². The van der Waals surface area contributed by atoms with E-state index in [1.807, 2.05) is 49.4 Å². The summed E-state index contributed by atoms with van der Waals surface area (Å²) in [7, 11) is 0. The molecule has 5 heteroatoms. The number of benzene rings is 2. The second kappa shape index (κ2) is 8.13. The summed E-state index contributed by atoms with van der Waals surface area (Å²) in [6.07, 6.45) is 0. The van der Waals surface area contributed by atoms with E-state index in [2.05, 4.69) is 19.2 Å². The molecule has 2 aromatic rings. The standard InChI is InChI=1S/C21H25NO4/c1-14(2)21(16-7-8-18-19(12-16)25-10-9-24-18)22-20(23)13-26-17-6-4-5-15(3)11-17/h4-8,11-12,14,21H,9-10,13H2,1-3H3,(H,22,23)/t21-/m1/s1. The number of ether oxygens (including phenoxy) is 3. The fraction of sp³-hybridized carbons (Fsp3) is 0.381. The van der Waals surface area contributed by atoms with Crippen molar-refractivity contribution in [3.8, 4) is 17.2 Å². The van der Waals surface area contributed by atoms with Crippen LogP contribution in [0.15, 0.2) is 42.5 Å². The van der Waals surface area contributed by atoms with Crippen molar-refractivity contribution >= 4 is 5.91 Å². The molecule has 1 aliphatic rings. The number of carbonyl (C=O) groups excluding carboxylic acids is 1. The van der Waals surface area contributed by atoms with Crippen LogP contribution in [0.3, 0.4) is 0 Å². The topological polar surface area (TPSA) is 56.8 Å². The summed E-state index contributed by atoms with van der Waals surface area (Å²) in [5.74, 6) is 2.24. The second-order valence-electron chi connectivity index (χ2n) is 6.80. The second-order valence-corrected chi connectivity index (χ2v) is 6.80. The van der Waals surface area contributed by atoms with Crippen LogP contribution < -0.4 is 19.5 Å². The lowest BCUT2D eigenvalue weighted by Gasteiger charge is -2.25. The first-order valence-corrected chi connectivity index (χ1v) is 8.91. The number of hydrogen-bond acceptors (Lipinski definition) is 4. The smallest absolute Gasteiger partial charge is 0.258 e. The van der Waals surface area contributed by atoms with E-state index in [1.165, 1.54) is 0 Å². The summed E-state index contributed by atoms with van der Waals surface area (Å²) in [6, 6.07) is 13.3. The molecule has 0 radical (unpaired) electrons. The van der Waals surface area contributed by atoms with E-state index in [4.69, 9.17) is 14.2 Å². The molecule has 5 nitrogen and oxygen atoms in total. The first kappa shape index (κ1) is 18.1. The van der Waals surface area contributed by atoms with E-state index < -0.39 is 0 Å². The molecule has 0 spiro atoms. The summed E-state index contributed by atoms with van der Waals surface area (Å²) in [5, 5.41) is 3.06. The van der Waals surface area contributed by atoms with Crippen LogP contribution in [0, 0.1) is 12.8 Å². The molecule has 2 aromatic carbocycles. The van der Waals surface area contributed by atoms with Crippen LogP contribution in [0.25, 0.3) is 0 Å². The predicted octanol–water partition coefficient (Wildman–Crippen LogP) is 3.66. The van der Waals surface area contributed by atoms with Gasteiger partial charge in [-0.15, -0.1) is 0 Å². The maximum atomic E-state index is 12.4. The van der Waals surface area contributed by atoms with Crippen LogP contribution in [-0.2, 0) is 4.79 Å². The highest BCUT2D eigenvalue weighted by Gasteiger charge is 2.21. The van der Waals surface area contributed by atoms with Gasteiger partial charge in [-0.05, 0) is 48.2 Å². The molecule has 0 aromatic heterocycles. The number of carbonyl (C=O) groups is 1. The average molecular weight is 355 g/mol. The minimum atomic E-state index is -0.153. The highest BCUT2D eigenvalue weighted by molar-refractivity contribution is 5.78. The quantitative estimate of drug-likeness (QED) is 0.859. The molecule has 0 bridgehead atoms. The van der Waals surface area contributed by atoms with Crippen LogP contribution >= 0.6 is 0 Å². The molecule has 0 fully saturated rings. The molecular formula is C21H25NO4. The van der Waals surface area contributed by atoms with Crippen molar-refractivity contribution < 1.29 is 19.0 Å². The zero-order valence-electron chi connectivity index (χ0n) is 15.5. The lowest BCUT2D eigenvalue weighted by molar-refractivity contribution is -0.124. The number of fused-ring (bicyclic) bond motifs is 1. The third-order valence-electron chi connectivity index (χ3n) is 4.27. The number of aryl methyl sites for hydroxylation is 1. The van der Waals surface area contributed by atoms with Crippen molar-refractivity contribution in [2.45, 2.75) is 26.8 Å². The van der Waals surface area contributed by atoms with Crippen LogP contribution in [0.4, 0.5) is 0 Å². The van der Waals surface area contributed by atoms with Gasteiger partial charge >= 0.3 is 0 Å². The monoisotopic (exact) mass is 355 g/mol. The SMILES string of the molecule is Cc1cccc(OCC(=O)N[C@@H](c2ccc3c(c2)OCCO3)C(C)C)c1. The highest BCUT2D eigenvalue weighted by Crippen LogP contribution is 2.34. The Morgan fingerprint density at radius 3 is 2.62 bits per heavy atom. The Morgan fingerprint density at radius 2 is 1.88 bits per heavy atom. The fourth-order valence-electron chi connectivity index (χ4n) is 2.96. The van der Waals surface area contributed by atoms with Crippen LogP contribution in [0.5, 0.6) is 17.2 Å². The number of hydrogen-bond donors (Lipinski definition) is 1. The van der Waals surface area contributed by atoms with Gasteiger partial charge in [0.15, 0.2) is 18.1 Å². The Kier molecular flexibility index (Phi) is 5.66. The summed E-state index contributed by atoms with van der Waals surface area (Å²) in [4.78, 5) is 12.4. The Morgan fingerprint density at radius 1 is 1.12 bits per heavy atom. The molecule has 1 N–H and O–H groups in total. The molecule has 138 valence electrons. The molecular weight excluding hydrogens is 330 g/mol. The van der Waals surface area contributed by atoms with Gasteiger partial charge in [-0.25, -0.2) is 0 Å². The van der Waals surface area contributed by atoms with Crippen molar-refractivity contribution in [3.05, 3.63) is 53.6 Å². The van der Waals surface area contributed by atoms with Gasteiger partial charge in [0.1, 0.15) is 19.0 Å². The van der Waals surface area contributed by atoms with E-state index in [9.17, 15) is 4.79 Å². The predicted molar refractivity (Wildman–Crippen MR) is 99.8 cm³/mol. The van der Waals surface area contributed by atoms with E-state index in [0.29, 0.717) is 19.0 Å². The Balaban J connectivity index is 1.65. The van der Waals surface area contributed by atoms with Crippen LogP contribution in [0.1, 0.15) is 31.0 Å². The van der Waals surface area contributed by atoms with Crippen molar-refractivity contribution in [2.75, 3.05) is 19.8 Å². The minimum absolute atomic E-state index is 0.0166. The van der Waals surface area contributed by atoms with Gasteiger partial charge in [0.25, 0.3) is 5.91 Å². The number of nitrogens with one attached hydrogen (secondary N) is 1. The summed E-state index contributed by atoms with van der Waals surface area (Å²) < 4.78 is 16.8. The molecule has 26 heavy (non-hydrogen) atoms. The lowest BCUT2D eigenvalue weighted by Crippen LogP contribution is -2.35. The molecule has 1 aliphatic heterocycles. The van der Waals surface area contributed by atoms with Gasteiger partial charge in [0.2, 0.25) is 0 Å². The molecule has 0 saturated carbocycles. The number of amides is 1. The van der Waals surface area contributed by atoms with Gasteiger partial charge in [0, 0.05) is 0 Å². The Hall–Kier alpha value is -2.69. The van der Waals surface area contributed by atoms with E-state index >= 15 is 0 Å². The number of rotatable bonds is 6. The third-order valence-corrected chi connectivity index (χ3v) is 4.27. The van der Waals surface area contributed by atoms with Gasteiger partial charge in [-0.3, -0.25) is 4.79 Å². The zero-order valence-corrected chi connectivity index (χ0v) is 15.5. The molecule has 0 aliphatic carbocycles. The zero-order chi connectivity index (χ0) is 18.5. The molecule has 1 amide bonds.